The smallest absolute Gasteiger partial charge is 0.119 e. The third-order valence-electron chi connectivity index (χ3n) is 6.58. The van der Waals surface area contributed by atoms with Gasteiger partial charge in [-0.15, -0.1) is 0 Å². The lowest BCUT2D eigenvalue weighted by molar-refractivity contribution is 0.190. The zero-order valence-electron chi connectivity index (χ0n) is 17.3. The van der Waals surface area contributed by atoms with Gasteiger partial charge in [0.15, 0.2) is 0 Å². The number of allylic oxidation sites excluding steroid dienone is 2. The van der Waals surface area contributed by atoms with Crippen molar-refractivity contribution in [2.45, 2.75) is 78.1 Å². The molecule has 2 aliphatic carbocycles. The Morgan fingerprint density at radius 1 is 0.926 bits per heavy atom. The topological polar surface area (TPSA) is 9.23 Å². The summed E-state index contributed by atoms with van der Waals surface area (Å²) in [5.74, 6) is 10.6. The number of hydrogen-bond acceptors (Lipinski definition) is 1. The third kappa shape index (κ3) is 6.17. The molecule has 1 saturated carbocycles. The van der Waals surface area contributed by atoms with E-state index in [1.807, 2.05) is 12.1 Å². The van der Waals surface area contributed by atoms with E-state index in [1.165, 1.54) is 63.4 Å². The summed E-state index contributed by atoms with van der Waals surface area (Å²) in [5, 5.41) is 0. The van der Waals surface area contributed by atoms with Gasteiger partial charge in [-0.1, -0.05) is 57.4 Å². The molecular formula is C26H36O. The van der Waals surface area contributed by atoms with Crippen molar-refractivity contribution >= 4 is 0 Å². The number of rotatable bonds is 6. The second kappa shape index (κ2) is 10.6. The molecule has 146 valence electrons. The summed E-state index contributed by atoms with van der Waals surface area (Å²) in [5.41, 5.74) is 2.43. The highest BCUT2D eigenvalue weighted by Crippen LogP contribution is 2.40. The Hall–Kier alpha value is -1.68. The Morgan fingerprint density at radius 3 is 2.33 bits per heavy atom. The molecule has 1 nitrogen and oxygen atoms in total. The lowest BCUT2D eigenvalue weighted by Gasteiger charge is -2.34. The molecule has 27 heavy (non-hydrogen) atoms. The van der Waals surface area contributed by atoms with Crippen molar-refractivity contribution in [3.05, 3.63) is 41.5 Å². The number of hydrogen-bond donors (Lipinski definition) is 0. The minimum Gasteiger partial charge on any atom is -0.494 e. The van der Waals surface area contributed by atoms with Crippen LogP contribution in [0.25, 0.3) is 0 Å². The molecule has 0 radical (unpaired) electrons. The van der Waals surface area contributed by atoms with Gasteiger partial charge in [0.25, 0.3) is 0 Å². The van der Waals surface area contributed by atoms with E-state index < -0.39 is 0 Å². The van der Waals surface area contributed by atoms with Gasteiger partial charge >= 0.3 is 0 Å². The fraction of sp³-hybridized carbons (Fsp3) is 0.615. The van der Waals surface area contributed by atoms with Crippen molar-refractivity contribution in [2.75, 3.05) is 6.61 Å². The summed E-state index contributed by atoms with van der Waals surface area (Å²) < 4.78 is 5.72. The minimum atomic E-state index is 0.801. The highest BCUT2D eigenvalue weighted by atomic mass is 16.5. The first kappa shape index (κ1) is 20.1. The SMILES string of the molecule is CCCCOc1ccc(C#CC2=CCC(C3CCC(CC)CC3)CC2)cc1. The fourth-order valence-corrected chi connectivity index (χ4v) is 4.59. The summed E-state index contributed by atoms with van der Waals surface area (Å²) in [4.78, 5) is 0. The molecule has 0 saturated heterocycles. The summed E-state index contributed by atoms with van der Waals surface area (Å²) in [7, 11) is 0. The maximum atomic E-state index is 5.72. The van der Waals surface area contributed by atoms with Crippen molar-refractivity contribution in [1.29, 1.82) is 0 Å². The van der Waals surface area contributed by atoms with Crippen molar-refractivity contribution in [2.24, 2.45) is 17.8 Å². The summed E-state index contributed by atoms with van der Waals surface area (Å²) in [6.07, 6.45) is 15.7. The van der Waals surface area contributed by atoms with Crippen LogP contribution in [0.1, 0.15) is 83.6 Å². The molecule has 1 atom stereocenters. The summed E-state index contributed by atoms with van der Waals surface area (Å²) >= 11 is 0. The van der Waals surface area contributed by atoms with Gasteiger partial charge in [-0.2, -0.15) is 0 Å². The van der Waals surface area contributed by atoms with Crippen molar-refractivity contribution in [1.82, 2.24) is 0 Å². The van der Waals surface area contributed by atoms with E-state index in [4.69, 9.17) is 4.74 Å². The normalized spacial score (nSPS) is 25.3. The molecule has 0 bridgehead atoms. The quantitative estimate of drug-likeness (QED) is 0.384. The van der Waals surface area contributed by atoms with Crippen LogP contribution in [0.4, 0.5) is 0 Å². The minimum absolute atomic E-state index is 0.801. The predicted octanol–water partition coefficient (Wildman–Crippen LogP) is 7.16. The van der Waals surface area contributed by atoms with Gasteiger partial charge in [0.05, 0.1) is 6.61 Å². The van der Waals surface area contributed by atoms with Crippen LogP contribution in [0, 0.1) is 29.6 Å². The second-order valence-electron chi connectivity index (χ2n) is 8.43. The lowest BCUT2D eigenvalue weighted by Crippen LogP contribution is -2.22. The van der Waals surface area contributed by atoms with Crippen LogP contribution in [-0.2, 0) is 0 Å². The highest BCUT2D eigenvalue weighted by molar-refractivity contribution is 5.43. The summed E-state index contributed by atoms with van der Waals surface area (Å²) in [6.45, 7) is 5.34. The lowest BCUT2D eigenvalue weighted by atomic mass is 9.71. The van der Waals surface area contributed by atoms with E-state index >= 15 is 0 Å². The van der Waals surface area contributed by atoms with E-state index in [2.05, 4.69) is 43.9 Å². The first-order chi connectivity index (χ1) is 13.3. The van der Waals surface area contributed by atoms with Gasteiger partial charge in [0.2, 0.25) is 0 Å². The Kier molecular flexibility index (Phi) is 7.88. The zero-order valence-corrected chi connectivity index (χ0v) is 17.3. The fourth-order valence-electron chi connectivity index (χ4n) is 4.59. The predicted molar refractivity (Wildman–Crippen MR) is 115 cm³/mol. The number of benzene rings is 1. The van der Waals surface area contributed by atoms with Crippen molar-refractivity contribution in [3.63, 3.8) is 0 Å². The van der Waals surface area contributed by atoms with Gasteiger partial charge < -0.3 is 4.74 Å². The average Bonchev–Trinajstić information content (AvgIpc) is 2.74. The molecule has 1 unspecified atom stereocenters. The Morgan fingerprint density at radius 2 is 1.70 bits per heavy atom. The molecule has 3 rings (SSSR count). The van der Waals surface area contributed by atoms with Gasteiger partial charge in [-0.25, -0.2) is 0 Å². The van der Waals surface area contributed by atoms with Crippen LogP contribution in [0.5, 0.6) is 5.75 Å². The Labute approximate surface area is 166 Å². The second-order valence-corrected chi connectivity index (χ2v) is 8.43. The molecule has 2 aliphatic rings. The van der Waals surface area contributed by atoms with Crippen LogP contribution in [0.3, 0.4) is 0 Å². The van der Waals surface area contributed by atoms with E-state index in [0.29, 0.717) is 0 Å². The summed E-state index contributed by atoms with van der Waals surface area (Å²) in [6, 6.07) is 8.23. The Balaban J connectivity index is 1.48. The van der Waals surface area contributed by atoms with Crippen LogP contribution in [0.2, 0.25) is 0 Å². The monoisotopic (exact) mass is 364 g/mol. The van der Waals surface area contributed by atoms with Crippen LogP contribution >= 0.6 is 0 Å². The van der Waals surface area contributed by atoms with E-state index in [9.17, 15) is 0 Å². The molecule has 0 aromatic heterocycles. The highest BCUT2D eigenvalue weighted by Gasteiger charge is 2.27. The maximum Gasteiger partial charge on any atom is 0.119 e. The zero-order chi connectivity index (χ0) is 18.9. The van der Waals surface area contributed by atoms with Crippen LogP contribution in [0.15, 0.2) is 35.9 Å². The van der Waals surface area contributed by atoms with Crippen LogP contribution in [-0.4, -0.2) is 6.61 Å². The molecule has 1 aromatic rings. The largest absolute Gasteiger partial charge is 0.494 e. The molecule has 0 aliphatic heterocycles. The average molecular weight is 365 g/mol. The molecular weight excluding hydrogens is 328 g/mol. The van der Waals surface area contributed by atoms with E-state index in [0.717, 1.165) is 42.1 Å². The van der Waals surface area contributed by atoms with Gasteiger partial charge in [0, 0.05) is 5.56 Å². The molecule has 0 N–H and O–H groups in total. The number of ether oxygens (including phenoxy) is 1. The molecule has 0 amide bonds. The van der Waals surface area contributed by atoms with Gasteiger partial charge in [-0.3, -0.25) is 0 Å². The molecule has 1 aromatic carbocycles. The molecule has 0 heterocycles. The van der Waals surface area contributed by atoms with Gasteiger partial charge in [0.1, 0.15) is 5.75 Å². The van der Waals surface area contributed by atoms with Crippen molar-refractivity contribution in [3.8, 4) is 17.6 Å². The standard InChI is InChI=1S/C26H36O/c1-3-5-20-27-26-18-12-23(13-19-26)7-6-22-10-16-25(17-11-22)24-14-8-21(4-2)9-15-24/h10,12-13,18-19,21,24-25H,3-5,8-9,11,14-17,20H2,1-2H3. The van der Waals surface area contributed by atoms with Gasteiger partial charge in [-0.05, 0) is 86.1 Å². The Bertz CT molecular complexity index is 650. The first-order valence-electron chi connectivity index (χ1n) is 11.2. The van der Waals surface area contributed by atoms with Crippen LogP contribution < -0.4 is 4.74 Å². The molecule has 1 fully saturated rings. The van der Waals surface area contributed by atoms with E-state index in [-0.39, 0.29) is 0 Å². The van der Waals surface area contributed by atoms with Crippen molar-refractivity contribution < 1.29 is 4.74 Å². The number of unbranched alkanes of at least 4 members (excludes halogenated alkanes) is 1. The van der Waals surface area contributed by atoms with E-state index in [1.54, 1.807) is 0 Å². The molecule has 1 heteroatoms. The molecule has 0 spiro atoms. The maximum absolute atomic E-state index is 5.72. The first-order valence-corrected chi connectivity index (χ1v) is 11.2. The third-order valence-corrected chi connectivity index (χ3v) is 6.58.